The van der Waals surface area contributed by atoms with Gasteiger partial charge in [0.1, 0.15) is 0 Å². The summed E-state index contributed by atoms with van der Waals surface area (Å²) in [5, 5.41) is 0. The molecule has 124 valence electrons. The number of rotatable bonds is 4. The molecule has 0 aromatic carbocycles. The summed E-state index contributed by atoms with van der Waals surface area (Å²) in [6, 6.07) is 0. The van der Waals surface area contributed by atoms with Gasteiger partial charge in [0.25, 0.3) is 0 Å². The van der Waals surface area contributed by atoms with Gasteiger partial charge in [-0.15, -0.1) is 24.8 Å². The Kier molecular flexibility index (Phi) is 8.66. The van der Waals surface area contributed by atoms with Gasteiger partial charge in [-0.2, -0.15) is 0 Å². The second-order valence-electron chi connectivity index (χ2n) is 7.21. The van der Waals surface area contributed by atoms with Crippen LogP contribution in [0, 0.1) is 11.3 Å². The smallest absolute Gasteiger partial charge is 0.147 e. The van der Waals surface area contributed by atoms with Gasteiger partial charge in [0.2, 0.25) is 0 Å². The minimum absolute atomic E-state index is 0. The van der Waals surface area contributed by atoms with Gasteiger partial charge in [0.05, 0.1) is 0 Å². The van der Waals surface area contributed by atoms with Crippen LogP contribution in [0.5, 0.6) is 0 Å². The van der Waals surface area contributed by atoms with Crippen LogP contribution in [0.4, 0.5) is 0 Å². The quantitative estimate of drug-likeness (QED) is 0.468. The van der Waals surface area contributed by atoms with Crippen LogP contribution in [0.2, 0.25) is 0 Å². The van der Waals surface area contributed by atoms with Crippen molar-refractivity contribution < 1.29 is 23.2 Å². The van der Waals surface area contributed by atoms with Crippen molar-refractivity contribution >= 4 is 24.8 Å². The fourth-order valence-corrected chi connectivity index (χ4v) is 7.59. The van der Waals surface area contributed by atoms with Crippen LogP contribution >= 0.6 is 24.8 Å². The Morgan fingerprint density at radius 3 is 2.14 bits per heavy atom. The molecular formula is C19H30Cl2Zr. The first kappa shape index (κ1) is 22.4. The van der Waals surface area contributed by atoms with E-state index in [4.69, 9.17) is 0 Å². The topological polar surface area (TPSA) is 0 Å². The molecule has 2 aliphatic rings. The molecule has 0 unspecified atom stereocenters. The van der Waals surface area contributed by atoms with Crippen LogP contribution in [-0.4, -0.2) is 0 Å². The standard InChI is InChI=1S/C10H15.C9H13.2ClH.Zr/c1-7-6-10(4,5)9(3)8(7)2;1-8(2)7-9-5-3-4-6-9;;;/h1-5H3;3,5,8H,4,7H2,1-2H3;2*1H;. The first-order chi connectivity index (χ1) is 9.25. The third kappa shape index (κ3) is 4.28. The molecule has 0 saturated carbocycles. The van der Waals surface area contributed by atoms with Crippen molar-refractivity contribution in [3.8, 4) is 0 Å². The summed E-state index contributed by atoms with van der Waals surface area (Å²) in [5.41, 5.74) is 6.76. The summed E-state index contributed by atoms with van der Waals surface area (Å²) in [7, 11) is 0. The van der Waals surface area contributed by atoms with E-state index in [1.165, 1.54) is 12.8 Å². The molecule has 0 saturated heterocycles. The Morgan fingerprint density at radius 2 is 1.68 bits per heavy atom. The van der Waals surface area contributed by atoms with Crippen LogP contribution in [0.1, 0.15) is 61.3 Å². The fourth-order valence-electron chi connectivity index (χ4n) is 3.31. The molecule has 0 bridgehead atoms. The molecule has 0 heterocycles. The molecule has 0 aromatic heterocycles. The maximum atomic E-state index is 2.43. The molecule has 3 heteroatoms. The maximum absolute atomic E-state index is 2.43. The zero-order valence-electron chi connectivity index (χ0n) is 15.0. The molecule has 0 fully saturated rings. The SMILES string of the molecule is CC1=C(C)C(C)(C)[C]([Zr][C]2=C(CC(C)C)C=CC2)=C1C.Cl.Cl. The minimum Gasteiger partial charge on any atom is -0.147 e. The molecule has 0 atom stereocenters. The van der Waals surface area contributed by atoms with Gasteiger partial charge in [-0.3, -0.25) is 0 Å². The first-order valence-electron chi connectivity index (χ1n) is 7.80. The maximum Gasteiger partial charge on any atom is -0.147 e. The average Bonchev–Trinajstić information content (AvgIpc) is 2.83. The molecule has 0 aromatic rings. The Balaban J connectivity index is 0.00000220. The minimum atomic E-state index is -0.612. The molecule has 0 amide bonds. The normalized spacial score (nSPS) is 19.8. The predicted molar refractivity (Wildman–Crippen MR) is 99.6 cm³/mol. The van der Waals surface area contributed by atoms with E-state index in [9.17, 15) is 0 Å². The van der Waals surface area contributed by atoms with E-state index in [-0.39, 0.29) is 24.8 Å². The molecule has 0 aliphatic heterocycles. The van der Waals surface area contributed by atoms with Crippen LogP contribution in [-0.2, 0) is 23.2 Å². The third-order valence-corrected chi connectivity index (χ3v) is 10.1. The van der Waals surface area contributed by atoms with Crippen molar-refractivity contribution in [2.45, 2.75) is 61.3 Å². The summed E-state index contributed by atoms with van der Waals surface area (Å²) in [4.78, 5) is 0. The average molecular weight is 421 g/mol. The third-order valence-electron chi connectivity index (χ3n) is 5.00. The zero-order valence-corrected chi connectivity index (χ0v) is 19.1. The Hall–Kier alpha value is 0.423. The van der Waals surface area contributed by atoms with E-state index in [0.29, 0.717) is 5.41 Å². The summed E-state index contributed by atoms with van der Waals surface area (Å²) < 4.78 is 3.64. The van der Waals surface area contributed by atoms with Crippen LogP contribution in [0.25, 0.3) is 0 Å². The van der Waals surface area contributed by atoms with Gasteiger partial charge in [-0.05, 0) is 0 Å². The van der Waals surface area contributed by atoms with Crippen molar-refractivity contribution in [1.29, 1.82) is 0 Å². The monoisotopic (exact) mass is 418 g/mol. The van der Waals surface area contributed by atoms with E-state index in [1.54, 1.807) is 22.3 Å². The van der Waals surface area contributed by atoms with E-state index < -0.39 is 23.2 Å². The van der Waals surface area contributed by atoms with Crippen LogP contribution in [0.15, 0.2) is 41.0 Å². The van der Waals surface area contributed by atoms with Crippen LogP contribution in [0.3, 0.4) is 0 Å². The largest absolute Gasteiger partial charge is 0.147 e. The van der Waals surface area contributed by atoms with Crippen LogP contribution < -0.4 is 0 Å². The first-order valence-corrected chi connectivity index (χ1v) is 10.3. The number of hydrogen-bond donors (Lipinski definition) is 0. The molecule has 2 aliphatic carbocycles. The Morgan fingerprint density at radius 1 is 1.09 bits per heavy atom. The van der Waals surface area contributed by atoms with Crippen molar-refractivity contribution in [3.63, 3.8) is 0 Å². The van der Waals surface area contributed by atoms with Crippen molar-refractivity contribution in [2.75, 3.05) is 0 Å². The molecular weight excluding hydrogens is 390 g/mol. The number of allylic oxidation sites excluding steroid dienone is 8. The predicted octanol–water partition coefficient (Wildman–Crippen LogP) is 6.82. The van der Waals surface area contributed by atoms with Gasteiger partial charge in [0.15, 0.2) is 0 Å². The molecule has 22 heavy (non-hydrogen) atoms. The Labute approximate surface area is 161 Å². The molecule has 2 rings (SSSR count). The van der Waals surface area contributed by atoms with Crippen molar-refractivity contribution in [3.05, 3.63) is 41.0 Å². The van der Waals surface area contributed by atoms with Gasteiger partial charge in [0, 0.05) is 0 Å². The molecule has 0 spiro atoms. The summed E-state index contributed by atoms with van der Waals surface area (Å²) in [5.74, 6) is 0.774. The molecule has 0 radical (unpaired) electrons. The van der Waals surface area contributed by atoms with Gasteiger partial charge in [-0.25, -0.2) is 0 Å². The van der Waals surface area contributed by atoms with Gasteiger partial charge < -0.3 is 0 Å². The van der Waals surface area contributed by atoms with Gasteiger partial charge >= 0.3 is 137 Å². The van der Waals surface area contributed by atoms with E-state index in [0.717, 1.165) is 5.92 Å². The van der Waals surface area contributed by atoms with Gasteiger partial charge in [-0.1, -0.05) is 0 Å². The molecule has 0 N–H and O–H groups in total. The fraction of sp³-hybridized carbons (Fsp3) is 0.579. The Bertz CT molecular complexity index is 546. The van der Waals surface area contributed by atoms with E-state index in [2.05, 4.69) is 60.6 Å². The van der Waals surface area contributed by atoms with E-state index in [1.807, 2.05) is 6.56 Å². The number of halogens is 2. The van der Waals surface area contributed by atoms with Crippen molar-refractivity contribution in [1.82, 2.24) is 0 Å². The van der Waals surface area contributed by atoms with Crippen molar-refractivity contribution in [2.24, 2.45) is 11.3 Å². The summed E-state index contributed by atoms with van der Waals surface area (Å²) >= 11 is -0.612. The second-order valence-corrected chi connectivity index (χ2v) is 10.5. The number of hydrogen-bond acceptors (Lipinski definition) is 0. The zero-order chi connectivity index (χ0) is 15.1. The summed E-state index contributed by atoms with van der Waals surface area (Å²) in [6.45, 7) is 16.5. The summed E-state index contributed by atoms with van der Waals surface area (Å²) in [6.07, 6.45) is 7.30. The second kappa shape index (κ2) is 8.50. The molecule has 0 nitrogen and oxygen atoms in total. The van der Waals surface area contributed by atoms with E-state index >= 15 is 0 Å².